The van der Waals surface area contributed by atoms with Gasteiger partial charge in [0.05, 0.1) is 17.0 Å². The van der Waals surface area contributed by atoms with Gasteiger partial charge in [-0.1, -0.05) is 12.1 Å². The summed E-state index contributed by atoms with van der Waals surface area (Å²) in [6.45, 7) is 1.71. The van der Waals surface area contributed by atoms with Gasteiger partial charge >= 0.3 is 6.18 Å². The molecule has 0 bridgehead atoms. The fourth-order valence-electron chi connectivity index (χ4n) is 1.63. The van der Waals surface area contributed by atoms with Crippen molar-refractivity contribution >= 4 is 11.4 Å². The number of hydrogen-bond donors (Lipinski definition) is 1. The number of para-hydroxylation sites is 1. The number of aromatic nitrogens is 1. The average molecular weight is 279 g/mol. The molecule has 20 heavy (non-hydrogen) atoms. The highest BCUT2D eigenvalue weighted by Crippen LogP contribution is 2.34. The predicted molar refractivity (Wildman–Crippen MR) is 71.5 cm³/mol. The van der Waals surface area contributed by atoms with Crippen LogP contribution in [0.1, 0.15) is 18.1 Å². The van der Waals surface area contributed by atoms with Crippen molar-refractivity contribution < 1.29 is 13.2 Å². The molecule has 104 valence electrons. The smallest absolute Gasteiger partial charge is 0.278 e. The summed E-state index contributed by atoms with van der Waals surface area (Å²) in [5.74, 6) is 0. The highest BCUT2D eigenvalue weighted by Gasteiger charge is 2.33. The zero-order valence-electron chi connectivity index (χ0n) is 10.6. The molecule has 6 heteroatoms. The van der Waals surface area contributed by atoms with E-state index in [2.05, 4.69) is 15.5 Å². The zero-order valence-corrected chi connectivity index (χ0v) is 10.6. The van der Waals surface area contributed by atoms with Gasteiger partial charge in [0.2, 0.25) is 0 Å². The van der Waals surface area contributed by atoms with Gasteiger partial charge in [-0.25, -0.2) is 0 Å². The first-order chi connectivity index (χ1) is 9.48. The van der Waals surface area contributed by atoms with Crippen LogP contribution in [0.2, 0.25) is 0 Å². The lowest BCUT2D eigenvalue weighted by Gasteiger charge is -2.12. The first kappa shape index (κ1) is 14.0. The van der Waals surface area contributed by atoms with Gasteiger partial charge in [0, 0.05) is 18.0 Å². The summed E-state index contributed by atoms with van der Waals surface area (Å²) < 4.78 is 38.4. The molecule has 0 aliphatic carbocycles. The summed E-state index contributed by atoms with van der Waals surface area (Å²) in [6, 6.07) is 8.68. The molecule has 0 aliphatic heterocycles. The summed E-state index contributed by atoms with van der Waals surface area (Å²) in [7, 11) is 0. The quantitative estimate of drug-likeness (QED) is 0.682. The van der Waals surface area contributed by atoms with E-state index in [1.54, 1.807) is 31.5 Å². The minimum atomic E-state index is -4.41. The molecular formula is C14H12F3N3. The van der Waals surface area contributed by atoms with E-state index in [-0.39, 0.29) is 5.69 Å². The van der Waals surface area contributed by atoms with Crippen molar-refractivity contribution in [1.29, 1.82) is 0 Å². The van der Waals surface area contributed by atoms with Crippen LogP contribution in [0.15, 0.2) is 53.9 Å². The van der Waals surface area contributed by atoms with Crippen LogP contribution in [0.4, 0.5) is 18.9 Å². The van der Waals surface area contributed by atoms with Crippen molar-refractivity contribution in [3.63, 3.8) is 0 Å². The second kappa shape index (κ2) is 5.73. The van der Waals surface area contributed by atoms with Crippen molar-refractivity contribution in [2.24, 2.45) is 5.10 Å². The lowest BCUT2D eigenvalue weighted by atomic mass is 10.2. The van der Waals surface area contributed by atoms with Crippen molar-refractivity contribution in [3.8, 4) is 0 Å². The number of pyridine rings is 1. The number of nitrogens with one attached hydrogen (secondary N) is 1. The maximum Gasteiger partial charge on any atom is 0.418 e. The molecule has 1 aromatic heterocycles. The SMILES string of the molecule is CC(=NNc1ccccc1C(F)(F)F)c1ccncc1. The van der Waals surface area contributed by atoms with Crippen LogP contribution in [0.25, 0.3) is 0 Å². The monoisotopic (exact) mass is 279 g/mol. The van der Waals surface area contributed by atoms with Crippen molar-refractivity contribution in [2.45, 2.75) is 13.1 Å². The van der Waals surface area contributed by atoms with Crippen molar-refractivity contribution in [3.05, 3.63) is 59.9 Å². The largest absolute Gasteiger partial charge is 0.418 e. The lowest BCUT2D eigenvalue weighted by Crippen LogP contribution is -2.09. The number of alkyl halides is 3. The van der Waals surface area contributed by atoms with Gasteiger partial charge in [-0.3, -0.25) is 10.4 Å². The molecule has 1 aromatic carbocycles. The Morgan fingerprint density at radius 3 is 2.40 bits per heavy atom. The first-order valence-electron chi connectivity index (χ1n) is 5.85. The third-order valence-electron chi connectivity index (χ3n) is 2.67. The first-order valence-corrected chi connectivity index (χ1v) is 5.85. The molecule has 2 aromatic rings. The number of rotatable bonds is 3. The molecule has 0 saturated heterocycles. The van der Waals surface area contributed by atoms with Crippen LogP contribution in [-0.2, 0) is 6.18 Å². The van der Waals surface area contributed by atoms with Crippen LogP contribution < -0.4 is 5.43 Å². The maximum absolute atomic E-state index is 12.8. The third kappa shape index (κ3) is 3.34. The standard InChI is InChI=1S/C14H12F3N3/c1-10(11-6-8-18-9-7-11)19-20-13-5-3-2-4-12(13)14(15,16)17/h2-9,20H,1H3. The summed E-state index contributed by atoms with van der Waals surface area (Å²) in [6.07, 6.45) is -1.22. The van der Waals surface area contributed by atoms with Crippen LogP contribution in [0.3, 0.4) is 0 Å². The van der Waals surface area contributed by atoms with E-state index in [9.17, 15) is 13.2 Å². The second-order valence-corrected chi connectivity index (χ2v) is 4.09. The molecule has 0 spiro atoms. The van der Waals surface area contributed by atoms with E-state index in [4.69, 9.17) is 0 Å². The molecule has 0 unspecified atom stereocenters. The molecule has 0 atom stereocenters. The van der Waals surface area contributed by atoms with E-state index in [0.717, 1.165) is 11.6 Å². The van der Waals surface area contributed by atoms with E-state index in [1.807, 2.05) is 0 Å². The topological polar surface area (TPSA) is 37.3 Å². The minimum absolute atomic E-state index is 0.0755. The van der Waals surface area contributed by atoms with E-state index >= 15 is 0 Å². The Balaban J connectivity index is 2.24. The van der Waals surface area contributed by atoms with Gasteiger partial charge in [0.15, 0.2) is 0 Å². The van der Waals surface area contributed by atoms with E-state index in [1.165, 1.54) is 18.2 Å². The van der Waals surface area contributed by atoms with Gasteiger partial charge in [-0.15, -0.1) is 0 Å². The van der Waals surface area contributed by atoms with Crippen LogP contribution in [0, 0.1) is 0 Å². The minimum Gasteiger partial charge on any atom is -0.278 e. The maximum atomic E-state index is 12.8. The van der Waals surface area contributed by atoms with Crippen molar-refractivity contribution in [2.75, 3.05) is 5.43 Å². The molecule has 0 aliphatic rings. The average Bonchev–Trinajstić information content (AvgIpc) is 2.45. The Hall–Kier alpha value is -2.37. The molecule has 1 N–H and O–H groups in total. The number of hydrogen-bond acceptors (Lipinski definition) is 3. The second-order valence-electron chi connectivity index (χ2n) is 4.09. The summed E-state index contributed by atoms with van der Waals surface area (Å²) in [5.41, 5.74) is 3.01. The highest BCUT2D eigenvalue weighted by atomic mass is 19.4. The van der Waals surface area contributed by atoms with Gasteiger partial charge in [-0.2, -0.15) is 18.3 Å². The summed E-state index contributed by atoms with van der Waals surface area (Å²) >= 11 is 0. The predicted octanol–water partition coefficient (Wildman–Crippen LogP) is 3.94. The fourth-order valence-corrected chi connectivity index (χ4v) is 1.63. The van der Waals surface area contributed by atoms with E-state index < -0.39 is 11.7 Å². The Kier molecular flexibility index (Phi) is 4.02. The van der Waals surface area contributed by atoms with Gasteiger partial charge in [0.25, 0.3) is 0 Å². The Bertz CT molecular complexity index is 607. The Morgan fingerprint density at radius 1 is 1.10 bits per heavy atom. The highest BCUT2D eigenvalue weighted by molar-refractivity contribution is 5.98. The molecule has 0 radical (unpaired) electrons. The normalized spacial score (nSPS) is 12.3. The molecule has 1 heterocycles. The molecule has 0 amide bonds. The molecule has 0 saturated carbocycles. The molecule has 0 fully saturated rings. The Morgan fingerprint density at radius 2 is 1.75 bits per heavy atom. The van der Waals surface area contributed by atoms with Gasteiger partial charge < -0.3 is 0 Å². The Labute approximate surface area is 114 Å². The molecule has 2 rings (SSSR count). The van der Waals surface area contributed by atoms with E-state index in [0.29, 0.717) is 5.71 Å². The van der Waals surface area contributed by atoms with Gasteiger partial charge in [0.1, 0.15) is 0 Å². The molecule has 3 nitrogen and oxygen atoms in total. The zero-order chi connectivity index (χ0) is 14.6. The number of nitrogens with zero attached hydrogens (tertiary/aromatic N) is 2. The fraction of sp³-hybridized carbons (Fsp3) is 0.143. The third-order valence-corrected chi connectivity index (χ3v) is 2.67. The summed E-state index contributed by atoms with van der Waals surface area (Å²) in [4.78, 5) is 3.87. The number of hydrazone groups is 1. The molecular weight excluding hydrogens is 267 g/mol. The lowest BCUT2D eigenvalue weighted by molar-refractivity contribution is -0.136. The number of anilines is 1. The van der Waals surface area contributed by atoms with Gasteiger partial charge in [-0.05, 0) is 31.2 Å². The van der Waals surface area contributed by atoms with Crippen LogP contribution in [0.5, 0.6) is 0 Å². The summed E-state index contributed by atoms with van der Waals surface area (Å²) in [5, 5.41) is 3.98. The number of benzene rings is 1. The van der Waals surface area contributed by atoms with Crippen LogP contribution >= 0.6 is 0 Å². The van der Waals surface area contributed by atoms with Crippen molar-refractivity contribution in [1.82, 2.24) is 4.98 Å². The number of halogens is 3. The van der Waals surface area contributed by atoms with Crippen LogP contribution in [-0.4, -0.2) is 10.7 Å².